The van der Waals surface area contributed by atoms with Crippen molar-refractivity contribution in [1.29, 1.82) is 0 Å². The molecule has 5 heteroatoms. The molecule has 0 bridgehead atoms. The lowest BCUT2D eigenvalue weighted by atomic mass is 10.1. The van der Waals surface area contributed by atoms with E-state index in [0.29, 0.717) is 13.2 Å². The van der Waals surface area contributed by atoms with Crippen molar-refractivity contribution in [1.82, 2.24) is 0 Å². The number of piperazine rings is 1. The fraction of sp³-hybridized carbons (Fsp3) is 0.429. The minimum Gasteiger partial charge on any atom is -0.491 e. The van der Waals surface area contributed by atoms with Gasteiger partial charge in [-0.1, -0.05) is 35.4 Å². The minimum absolute atomic E-state index is 0.337. The summed E-state index contributed by atoms with van der Waals surface area (Å²) in [6.45, 7) is 9.19. The number of benzene rings is 2. The zero-order chi connectivity index (χ0) is 18.5. The van der Waals surface area contributed by atoms with Gasteiger partial charge in [0, 0.05) is 10.7 Å². The second-order valence-electron chi connectivity index (χ2n) is 7.15. The van der Waals surface area contributed by atoms with Crippen LogP contribution in [0.5, 0.6) is 5.75 Å². The van der Waals surface area contributed by atoms with Gasteiger partial charge >= 0.3 is 0 Å². The van der Waals surface area contributed by atoms with Crippen molar-refractivity contribution in [2.24, 2.45) is 0 Å². The Hall–Kier alpha value is -1.75. The summed E-state index contributed by atoms with van der Waals surface area (Å²) in [7, 11) is 0. The smallest absolute Gasteiger partial charge is 0.137 e. The summed E-state index contributed by atoms with van der Waals surface area (Å²) in [6.07, 6.45) is -0.453. The molecule has 1 aliphatic heterocycles. The summed E-state index contributed by atoms with van der Waals surface area (Å²) in [5, 5.41) is 11.1. The Labute approximate surface area is 160 Å². The number of anilines is 1. The van der Waals surface area contributed by atoms with E-state index < -0.39 is 6.10 Å². The SMILES string of the molecule is Cc1ccc(OC[C@H](O)C[NH+]2CCN(c3cc(Cl)ccc3C)CC2)cc1. The van der Waals surface area contributed by atoms with Crippen molar-refractivity contribution in [2.45, 2.75) is 20.0 Å². The normalized spacial score (nSPS) is 16.5. The maximum Gasteiger partial charge on any atom is 0.137 e. The predicted octanol–water partition coefficient (Wildman–Crippen LogP) is 2.10. The van der Waals surface area contributed by atoms with Crippen LogP contribution in [-0.2, 0) is 0 Å². The highest BCUT2D eigenvalue weighted by Crippen LogP contribution is 2.24. The molecule has 140 valence electrons. The Morgan fingerprint density at radius 2 is 1.81 bits per heavy atom. The van der Waals surface area contributed by atoms with Crippen molar-refractivity contribution in [3.8, 4) is 5.75 Å². The summed E-state index contributed by atoms with van der Waals surface area (Å²) < 4.78 is 5.70. The molecule has 0 radical (unpaired) electrons. The molecule has 2 aromatic carbocycles. The number of halogens is 1. The molecule has 1 heterocycles. The quantitative estimate of drug-likeness (QED) is 0.812. The van der Waals surface area contributed by atoms with E-state index in [9.17, 15) is 5.11 Å². The lowest BCUT2D eigenvalue weighted by molar-refractivity contribution is -0.903. The number of nitrogens with one attached hydrogen (secondary N) is 1. The van der Waals surface area contributed by atoms with Gasteiger partial charge in [-0.05, 0) is 43.7 Å². The zero-order valence-electron chi connectivity index (χ0n) is 15.5. The first-order valence-corrected chi connectivity index (χ1v) is 9.61. The lowest BCUT2D eigenvalue weighted by Gasteiger charge is -2.35. The first kappa shape index (κ1) is 19.0. The molecule has 0 amide bonds. The molecule has 26 heavy (non-hydrogen) atoms. The summed E-state index contributed by atoms with van der Waals surface area (Å²) >= 11 is 6.15. The van der Waals surface area contributed by atoms with E-state index in [2.05, 4.69) is 17.9 Å². The second-order valence-corrected chi connectivity index (χ2v) is 7.59. The van der Waals surface area contributed by atoms with Gasteiger partial charge in [-0.2, -0.15) is 0 Å². The van der Waals surface area contributed by atoms with E-state index in [1.165, 1.54) is 21.7 Å². The summed E-state index contributed by atoms with van der Waals surface area (Å²) in [4.78, 5) is 3.81. The standard InChI is InChI=1S/C21H27ClN2O2/c1-16-3-7-20(8-4-16)26-15-19(25)14-23-9-11-24(12-10-23)21-13-18(22)6-5-17(21)2/h3-8,13,19,25H,9-12,14-15H2,1-2H3/p+1/t19-/m1/s1. The number of aryl methyl sites for hydroxylation is 2. The van der Waals surface area contributed by atoms with E-state index in [-0.39, 0.29) is 0 Å². The molecular weight excluding hydrogens is 348 g/mol. The minimum atomic E-state index is -0.453. The molecule has 2 aromatic rings. The van der Waals surface area contributed by atoms with Crippen LogP contribution in [0.25, 0.3) is 0 Å². The molecule has 1 saturated heterocycles. The van der Waals surface area contributed by atoms with Crippen molar-refractivity contribution in [3.05, 3.63) is 58.6 Å². The van der Waals surface area contributed by atoms with Gasteiger partial charge < -0.3 is 19.6 Å². The largest absolute Gasteiger partial charge is 0.491 e. The van der Waals surface area contributed by atoms with Crippen LogP contribution in [0.4, 0.5) is 5.69 Å². The molecule has 0 saturated carbocycles. The van der Waals surface area contributed by atoms with Crippen molar-refractivity contribution >= 4 is 17.3 Å². The molecule has 4 nitrogen and oxygen atoms in total. The average molecular weight is 376 g/mol. The van der Waals surface area contributed by atoms with Crippen LogP contribution in [-0.4, -0.2) is 50.5 Å². The third-order valence-corrected chi connectivity index (χ3v) is 5.21. The molecular formula is C21H28ClN2O2+. The maximum atomic E-state index is 10.3. The number of hydrogen-bond donors (Lipinski definition) is 2. The monoisotopic (exact) mass is 375 g/mol. The van der Waals surface area contributed by atoms with Gasteiger partial charge in [0.25, 0.3) is 0 Å². The maximum absolute atomic E-state index is 10.3. The van der Waals surface area contributed by atoms with E-state index >= 15 is 0 Å². The van der Waals surface area contributed by atoms with Gasteiger partial charge in [-0.15, -0.1) is 0 Å². The highest BCUT2D eigenvalue weighted by Gasteiger charge is 2.23. The molecule has 1 atom stereocenters. The number of nitrogens with zero attached hydrogens (tertiary/aromatic N) is 1. The van der Waals surface area contributed by atoms with Crippen LogP contribution < -0.4 is 14.5 Å². The van der Waals surface area contributed by atoms with E-state index in [1.54, 1.807) is 0 Å². The van der Waals surface area contributed by atoms with Gasteiger partial charge in [0.05, 0.1) is 26.2 Å². The van der Waals surface area contributed by atoms with Gasteiger partial charge in [0.2, 0.25) is 0 Å². The number of hydrogen-bond acceptors (Lipinski definition) is 3. The number of ether oxygens (including phenoxy) is 1. The molecule has 1 fully saturated rings. The van der Waals surface area contributed by atoms with E-state index in [4.69, 9.17) is 16.3 Å². The third kappa shape index (κ3) is 5.13. The Bertz CT molecular complexity index is 712. The van der Waals surface area contributed by atoms with Gasteiger partial charge in [-0.25, -0.2) is 0 Å². The molecule has 0 unspecified atom stereocenters. The Balaban J connectivity index is 1.44. The Morgan fingerprint density at radius 1 is 1.12 bits per heavy atom. The molecule has 2 N–H and O–H groups in total. The predicted molar refractivity (Wildman–Crippen MR) is 107 cm³/mol. The molecule has 3 rings (SSSR count). The van der Waals surface area contributed by atoms with Gasteiger partial charge in [0.1, 0.15) is 25.0 Å². The van der Waals surface area contributed by atoms with E-state index in [0.717, 1.165) is 37.0 Å². The summed E-state index contributed by atoms with van der Waals surface area (Å²) in [6, 6.07) is 14.0. The highest BCUT2D eigenvalue weighted by atomic mass is 35.5. The highest BCUT2D eigenvalue weighted by molar-refractivity contribution is 6.30. The first-order valence-electron chi connectivity index (χ1n) is 9.23. The first-order chi connectivity index (χ1) is 12.5. The van der Waals surface area contributed by atoms with Crippen LogP contribution >= 0.6 is 11.6 Å². The summed E-state index contributed by atoms with van der Waals surface area (Å²) in [5.41, 5.74) is 3.68. The van der Waals surface area contributed by atoms with Crippen LogP contribution in [0, 0.1) is 13.8 Å². The molecule has 0 aliphatic carbocycles. The zero-order valence-corrected chi connectivity index (χ0v) is 16.3. The number of rotatable bonds is 6. The van der Waals surface area contributed by atoms with Crippen LogP contribution in [0.1, 0.15) is 11.1 Å². The number of quaternary nitrogens is 1. The lowest BCUT2D eigenvalue weighted by Crippen LogP contribution is -3.16. The second kappa shape index (κ2) is 8.76. The summed E-state index contributed by atoms with van der Waals surface area (Å²) in [5.74, 6) is 0.811. The number of aliphatic hydroxyl groups excluding tert-OH is 1. The fourth-order valence-corrected chi connectivity index (χ4v) is 3.58. The van der Waals surface area contributed by atoms with Crippen molar-refractivity contribution in [2.75, 3.05) is 44.2 Å². The van der Waals surface area contributed by atoms with E-state index in [1.807, 2.05) is 43.3 Å². The molecule has 0 spiro atoms. The Kier molecular flexibility index (Phi) is 6.41. The van der Waals surface area contributed by atoms with Crippen LogP contribution in [0.15, 0.2) is 42.5 Å². The van der Waals surface area contributed by atoms with Crippen LogP contribution in [0.2, 0.25) is 5.02 Å². The molecule has 1 aliphatic rings. The molecule has 0 aromatic heterocycles. The third-order valence-electron chi connectivity index (χ3n) is 4.97. The van der Waals surface area contributed by atoms with Gasteiger partial charge in [-0.3, -0.25) is 0 Å². The van der Waals surface area contributed by atoms with Gasteiger partial charge in [0.15, 0.2) is 0 Å². The van der Waals surface area contributed by atoms with Crippen LogP contribution in [0.3, 0.4) is 0 Å². The average Bonchev–Trinajstić information content (AvgIpc) is 2.64. The van der Waals surface area contributed by atoms with Crippen molar-refractivity contribution in [3.63, 3.8) is 0 Å². The number of aliphatic hydroxyl groups is 1. The Morgan fingerprint density at radius 3 is 2.50 bits per heavy atom. The van der Waals surface area contributed by atoms with Crippen molar-refractivity contribution < 1.29 is 14.7 Å². The topological polar surface area (TPSA) is 37.1 Å². The fourth-order valence-electron chi connectivity index (χ4n) is 3.41.